The fourth-order valence-corrected chi connectivity index (χ4v) is 5.37. The Bertz CT molecular complexity index is 1520. The first-order chi connectivity index (χ1) is 16.5. The molecule has 0 unspecified atom stereocenters. The predicted molar refractivity (Wildman–Crippen MR) is 140 cm³/mol. The molecule has 0 spiro atoms. The third kappa shape index (κ3) is 5.44. The van der Waals surface area contributed by atoms with Gasteiger partial charge in [0.25, 0.3) is 16.0 Å². The van der Waals surface area contributed by atoms with E-state index in [0.717, 1.165) is 17.2 Å². The summed E-state index contributed by atoms with van der Waals surface area (Å²) in [5.41, 5.74) is 0.553. The quantitative estimate of drug-likeness (QED) is 0.252. The molecule has 35 heavy (non-hydrogen) atoms. The van der Waals surface area contributed by atoms with Crippen molar-refractivity contribution in [2.24, 2.45) is 0 Å². The lowest BCUT2D eigenvalue weighted by Crippen LogP contribution is -2.30. The normalized spacial score (nSPS) is 12.0. The molecule has 2 heterocycles. The lowest BCUT2D eigenvalue weighted by molar-refractivity contribution is 0.103. The van der Waals surface area contributed by atoms with Crippen LogP contribution >= 0.6 is 34.5 Å². The summed E-state index contributed by atoms with van der Waals surface area (Å²) in [5, 5.41) is 4.38. The van der Waals surface area contributed by atoms with E-state index in [9.17, 15) is 13.2 Å². The van der Waals surface area contributed by atoms with E-state index >= 15 is 0 Å². The average Bonchev–Trinajstić information content (AvgIpc) is 3.24. The van der Waals surface area contributed by atoms with E-state index in [1.165, 1.54) is 23.5 Å². The molecule has 0 atom stereocenters. The molecule has 0 saturated carbocycles. The molecule has 0 aliphatic rings. The third-order valence-corrected chi connectivity index (χ3v) is 8.83. The van der Waals surface area contributed by atoms with Crippen molar-refractivity contribution in [3.8, 4) is 11.6 Å². The van der Waals surface area contributed by atoms with Crippen LogP contribution in [0.5, 0.6) is 11.6 Å². The number of rotatable bonds is 7. The second-order valence-electron chi connectivity index (χ2n) is 8.01. The first-order valence-electron chi connectivity index (χ1n) is 10.2. The highest BCUT2D eigenvalue weighted by Gasteiger charge is 2.36. The van der Waals surface area contributed by atoms with Crippen LogP contribution in [0.15, 0.2) is 60.7 Å². The molecule has 7 nitrogen and oxygen atoms in total. The smallest absolute Gasteiger partial charge is 0.276 e. The van der Waals surface area contributed by atoms with Crippen LogP contribution in [0.3, 0.4) is 0 Å². The van der Waals surface area contributed by atoms with Gasteiger partial charge in [0.15, 0.2) is 0 Å². The zero-order valence-electron chi connectivity index (χ0n) is 18.8. The van der Waals surface area contributed by atoms with Crippen molar-refractivity contribution in [3.63, 3.8) is 0 Å². The van der Waals surface area contributed by atoms with Gasteiger partial charge in [-0.3, -0.25) is 8.98 Å². The number of hydrogen-bond acceptors (Lipinski definition) is 7. The van der Waals surface area contributed by atoms with E-state index in [1.807, 2.05) is 0 Å². The number of pyridine rings is 1. The van der Waals surface area contributed by atoms with Gasteiger partial charge in [0, 0.05) is 20.8 Å². The molecule has 182 valence electrons. The Hall–Kier alpha value is -2.69. The van der Waals surface area contributed by atoms with Crippen molar-refractivity contribution in [2.75, 3.05) is 12.4 Å². The summed E-state index contributed by atoms with van der Waals surface area (Å²) < 4.78 is 34.7. The van der Waals surface area contributed by atoms with Crippen LogP contribution in [-0.2, 0) is 19.0 Å². The molecule has 4 rings (SSSR count). The van der Waals surface area contributed by atoms with Crippen LogP contribution in [0.1, 0.15) is 29.1 Å². The van der Waals surface area contributed by atoms with E-state index < -0.39 is 14.9 Å². The summed E-state index contributed by atoms with van der Waals surface area (Å²) in [4.78, 5) is 17.7. The molecule has 0 aliphatic carbocycles. The molecule has 0 fully saturated rings. The van der Waals surface area contributed by atoms with Crippen molar-refractivity contribution in [1.29, 1.82) is 0 Å². The summed E-state index contributed by atoms with van der Waals surface area (Å²) in [6.07, 6.45) is 0. The van der Waals surface area contributed by atoms with Crippen LogP contribution in [0, 0.1) is 0 Å². The Morgan fingerprint density at radius 3 is 2.40 bits per heavy atom. The molecule has 0 aliphatic heterocycles. The Balaban J connectivity index is 1.57. The zero-order valence-corrected chi connectivity index (χ0v) is 22.0. The summed E-state index contributed by atoms with van der Waals surface area (Å²) in [7, 11) is -2.68. The Morgan fingerprint density at radius 2 is 1.71 bits per heavy atom. The molecule has 1 N–H and O–H groups in total. The lowest BCUT2D eigenvalue weighted by Gasteiger charge is -2.23. The molecule has 11 heteroatoms. The standard InChI is InChI=1S/C24H20Cl2N2O5S2/c1-24(2,35(30,31)32-3)15-4-9-19-14(10-15)11-20(34-19)23(29)28-21-12-17(26)13-22(27-21)33-18-7-5-16(25)6-8-18/h4-13H,1-3H3,(H,27,28,29). The number of fused-ring (bicyclic) bond motifs is 1. The van der Waals surface area contributed by atoms with Crippen molar-refractivity contribution >= 4 is 66.5 Å². The maximum Gasteiger partial charge on any atom is 0.276 e. The Kier molecular flexibility index (Phi) is 7.08. The first kappa shape index (κ1) is 25.4. The molecular formula is C24H20Cl2N2O5S2. The van der Waals surface area contributed by atoms with E-state index in [-0.39, 0.29) is 17.6 Å². The highest BCUT2D eigenvalue weighted by Crippen LogP contribution is 2.35. The van der Waals surface area contributed by atoms with Crippen LogP contribution in [0.25, 0.3) is 10.1 Å². The number of thiophene rings is 1. The number of nitrogens with one attached hydrogen (secondary N) is 1. The van der Waals surface area contributed by atoms with Gasteiger partial charge in [-0.05, 0) is 73.3 Å². The first-order valence-corrected chi connectivity index (χ1v) is 13.2. The van der Waals surface area contributed by atoms with Gasteiger partial charge in [-0.25, -0.2) is 0 Å². The van der Waals surface area contributed by atoms with E-state index in [2.05, 4.69) is 10.3 Å². The van der Waals surface area contributed by atoms with Crippen molar-refractivity contribution in [3.05, 3.63) is 81.1 Å². The highest BCUT2D eigenvalue weighted by molar-refractivity contribution is 7.87. The topological polar surface area (TPSA) is 94.6 Å². The van der Waals surface area contributed by atoms with Gasteiger partial charge in [0.2, 0.25) is 5.88 Å². The molecule has 0 saturated heterocycles. The van der Waals surface area contributed by atoms with Crippen LogP contribution in [0.4, 0.5) is 5.82 Å². The molecule has 4 aromatic rings. The van der Waals surface area contributed by atoms with E-state index in [4.69, 9.17) is 32.1 Å². The summed E-state index contributed by atoms with van der Waals surface area (Å²) in [6.45, 7) is 3.14. The average molecular weight is 551 g/mol. The maximum atomic E-state index is 12.9. The van der Waals surface area contributed by atoms with Gasteiger partial charge in [0.05, 0.1) is 12.0 Å². The van der Waals surface area contributed by atoms with E-state index in [0.29, 0.717) is 26.2 Å². The number of ether oxygens (including phenoxy) is 1. The summed E-state index contributed by atoms with van der Waals surface area (Å²) >= 11 is 13.4. The monoisotopic (exact) mass is 550 g/mol. The number of anilines is 1. The van der Waals surface area contributed by atoms with Gasteiger partial charge in [-0.1, -0.05) is 29.3 Å². The molecular weight excluding hydrogens is 531 g/mol. The second kappa shape index (κ2) is 9.75. The second-order valence-corrected chi connectivity index (χ2v) is 12.2. The fourth-order valence-electron chi connectivity index (χ4n) is 3.27. The van der Waals surface area contributed by atoms with Crippen LogP contribution in [-0.4, -0.2) is 26.4 Å². The van der Waals surface area contributed by atoms with Gasteiger partial charge in [0.1, 0.15) is 16.3 Å². The number of benzene rings is 2. The Labute approximate surface area is 216 Å². The van der Waals surface area contributed by atoms with Crippen LogP contribution in [0.2, 0.25) is 10.0 Å². The minimum atomic E-state index is -3.82. The molecule has 2 aromatic heterocycles. The van der Waals surface area contributed by atoms with Crippen LogP contribution < -0.4 is 10.1 Å². The Morgan fingerprint density at radius 1 is 1.00 bits per heavy atom. The molecule has 2 aromatic carbocycles. The lowest BCUT2D eigenvalue weighted by atomic mass is 10.0. The highest BCUT2D eigenvalue weighted by atomic mass is 35.5. The van der Waals surface area contributed by atoms with Gasteiger partial charge < -0.3 is 10.1 Å². The molecule has 1 amide bonds. The predicted octanol–water partition coefficient (Wildman–Crippen LogP) is 6.86. The fraction of sp³-hybridized carbons (Fsp3) is 0.167. The number of aromatic nitrogens is 1. The number of halogens is 2. The third-order valence-electron chi connectivity index (χ3n) is 5.32. The number of amides is 1. The minimum Gasteiger partial charge on any atom is -0.439 e. The van der Waals surface area contributed by atoms with Crippen molar-refractivity contribution in [2.45, 2.75) is 18.6 Å². The van der Waals surface area contributed by atoms with Gasteiger partial charge >= 0.3 is 0 Å². The zero-order chi connectivity index (χ0) is 25.4. The number of nitrogens with zero attached hydrogens (tertiary/aromatic N) is 1. The number of carbonyl (C=O) groups excluding carboxylic acids is 1. The van der Waals surface area contributed by atoms with Gasteiger partial charge in [-0.2, -0.15) is 13.4 Å². The maximum absolute atomic E-state index is 12.9. The summed E-state index contributed by atoms with van der Waals surface area (Å²) in [6, 6.07) is 16.7. The van der Waals surface area contributed by atoms with E-state index in [1.54, 1.807) is 62.4 Å². The molecule has 0 radical (unpaired) electrons. The van der Waals surface area contributed by atoms with Crippen molar-refractivity contribution < 1.29 is 22.1 Å². The minimum absolute atomic E-state index is 0.206. The largest absolute Gasteiger partial charge is 0.439 e. The summed E-state index contributed by atoms with van der Waals surface area (Å²) in [5.74, 6) is 0.554. The number of carbonyl (C=O) groups is 1. The van der Waals surface area contributed by atoms with Gasteiger partial charge in [-0.15, -0.1) is 11.3 Å². The van der Waals surface area contributed by atoms with Crippen molar-refractivity contribution in [1.82, 2.24) is 4.98 Å². The molecule has 0 bridgehead atoms. The number of hydrogen-bond donors (Lipinski definition) is 1. The SMILES string of the molecule is COS(=O)(=O)C(C)(C)c1ccc2sc(C(=O)Nc3cc(Cl)cc(Oc4ccc(Cl)cc4)n3)cc2c1.